The van der Waals surface area contributed by atoms with Gasteiger partial charge in [-0.3, -0.25) is 0 Å². The average molecular weight is 349 g/mol. The van der Waals surface area contributed by atoms with E-state index >= 15 is 0 Å². The fourth-order valence-corrected chi connectivity index (χ4v) is 4.95. The third kappa shape index (κ3) is 9.30. The maximum atomic E-state index is 4.46. The molecule has 0 bridgehead atoms. The van der Waals surface area contributed by atoms with E-state index in [1.165, 1.54) is 83.5 Å². The van der Waals surface area contributed by atoms with E-state index in [0.717, 1.165) is 29.6 Å². The largest absolute Gasteiger partial charge is 0.0996 e. The first kappa shape index (κ1) is 22.8. The van der Waals surface area contributed by atoms with Crippen molar-refractivity contribution in [1.82, 2.24) is 0 Å². The van der Waals surface area contributed by atoms with Crippen molar-refractivity contribution in [2.75, 3.05) is 0 Å². The van der Waals surface area contributed by atoms with Gasteiger partial charge in [-0.05, 0) is 48.9 Å². The third-order valence-electron chi connectivity index (χ3n) is 6.70. The summed E-state index contributed by atoms with van der Waals surface area (Å²) in [5, 5.41) is 0. The van der Waals surface area contributed by atoms with Crippen LogP contribution in [0.2, 0.25) is 0 Å². The van der Waals surface area contributed by atoms with E-state index in [1.54, 1.807) is 5.57 Å². The standard InChI is InChI=1S/C25H48/c1-7-8-11-15-21(4)17-18-25-23(6)19-22(5)24(25)16-13-10-9-12-14-20(2)3/h20-21,23-25H,5,7-19H2,1-4,6H3/t21-,23-,24?,25?/m1/s1. The van der Waals surface area contributed by atoms with Crippen LogP contribution in [-0.2, 0) is 0 Å². The van der Waals surface area contributed by atoms with Crippen molar-refractivity contribution < 1.29 is 0 Å². The van der Waals surface area contributed by atoms with Gasteiger partial charge >= 0.3 is 0 Å². The van der Waals surface area contributed by atoms with Crippen LogP contribution in [0.15, 0.2) is 12.2 Å². The topological polar surface area (TPSA) is 0 Å². The summed E-state index contributed by atoms with van der Waals surface area (Å²) in [6.45, 7) is 16.4. The zero-order valence-corrected chi connectivity index (χ0v) is 18.3. The molecule has 0 heterocycles. The Balaban J connectivity index is 2.29. The van der Waals surface area contributed by atoms with Gasteiger partial charge in [0.05, 0.1) is 0 Å². The summed E-state index contributed by atoms with van der Waals surface area (Å²) in [4.78, 5) is 0. The second-order valence-corrected chi connectivity index (χ2v) is 9.67. The highest BCUT2D eigenvalue weighted by molar-refractivity contribution is 5.11. The molecule has 0 N–H and O–H groups in total. The maximum Gasteiger partial charge on any atom is -0.0175 e. The van der Waals surface area contributed by atoms with Gasteiger partial charge in [0.25, 0.3) is 0 Å². The molecule has 0 aromatic heterocycles. The molecule has 1 saturated carbocycles. The number of unbranched alkanes of at least 4 members (excludes halogenated alkanes) is 5. The molecule has 1 aliphatic rings. The Bertz CT molecular complexity index is 340. The van der Waals surface area contributed by atoms with Crippen molar-refractivity contribution in [3.05, 3.63) is 12.2 Å². The predicted molar refractivity (Wildman–Crippen MR) is 115 cm³/mol. The van der Waals surface area contributed by atoms with Crippen LogP contribution in [0.3, 0.4) is 0 Å². The van der Waals surface area contributed by atoms with Gasteiger partial charge in [-0.15, -0.1) is 0 Å². The summed E-state index contributed by atoms with van der Waals surface area (Å²) in [5.74, 6) is 4.43. The Morgan fingerprint density at radius 1 is 0.880 bits per heavy atom. The van der Waals surface area contributed by atoms with Crippen molar-refractivity contribution in [3.8, 4) is 0 Å². The van der Waals surface area contributed by atoms with Crippen LogP contribution in [0.5, 0.6) is 0 Å². The molecule has 0 radical (unpaired) electrons. The first-order valence-corrected chi connectivity index (χ1v) is 11.6. The maximum absolute atomic E-state index is 4.46. The van der Waals surface area contributed by atoms with Crippen LogP contribution in [0.1, 0.15) is 118 Å². The van der Waals surface area contributed by atoms with Gasteiger partial charge in [-0.25, -0.2) is 0 Å². The highest BCUT2D eigenvalue weighted by Crippen LogP contribution is 2.45. The minimum atomic E-state index is 0.836. The normalized spacial score (nSPS) is 25.0. The fourth-order valence-electron chi connectivity index (χ4n) is 4.95. The molecule has 0 heteroatoms. The molecule has 0 aliphatic heterocycles. The van der Waals surface area contributed by atoms with E-state index in [-0.39, 0.29) is 0 Å². The zero-order valence-electron chi connectivity index (χ0n) is 18.3. The van der Waals surface area contributed by atoms with Crippen LogP contribution in [0, 0.1) is 29.6 Å². The molecule has 2 unspecified atom stereocenters. The Labute approximate surface area is 160 Å². The molecule has 1 rings (SSSR count). The minimum absolute atomic E-state index is 0.836. The molecule has 0 amide bonds. The number of hydrogen-bond donors (Lipinski definition) is 0. The molecule has 0 aromatic rings. The lowest BCUT2D eigenvalue weighted by Crippen LogP contribution is -2.15. The Hall–Kier alpha value is -0.260. The first-order chi connectivity index (χ1) is 12.0. The van der Waals surface area contributed by atoms with Gasteiger partial charge < -0.3 is 0 Å². The van der Waals surface area contributed by atoms with E-state index in [9.17, 15) is 0 Å². The lowest BCUT2D eigenvalue weighted by atomic mass is 9.80. The average Bonchev–Trinajstić information content (AvgIpc) is 2.82. The number of hydrogen-bond acceptors (Lipinski definition) is 0. The van der Waals surface area contributed by atoms with Gasteiger partial charge in [0.15, 0.2) is 0 Å². The molecule has 0 aromatic carbocycles. The summed E-state index contributed by atoms with van der Waals surface area (Å²) in [6.07, 6.45) is 18.4. The van der Waals surface area contributed by atoms with Crippen molar-refractivity contribution >= 4 is 0 Å². The van der Waals surface area contributed by atoms with Gasteiger partial charge in [0.2, 0.25) is 0 Å². The fraction of sp³-hybridized carbons (Fsp3) is 0.920. The molecular formula is C25H48. The quantitative estimate of drug-likeness (QED) is 0.217. The molecule has 1 aliphatic carbocycles. The van der Waals surface area contributed by atoms with E-state index in [4.69, 9.17) is 0 Å². The smallest absolute Gasteiger partial charge is 0.0175 e. The molecule has 148 valence electrons. The summed E-state index contributed by atoms with van der Waals surface area (Å²) in [7, 11) is 0. The summed E-state index contributed by atoms with van der Waals surface area (Å²) in [5.41, 5.74) is 1.58. The predicted octanol–water partition coefficient (Wildman–Crippen LogP) is 8.81. The first-order valence-electron chi connectivity index (χ1n) is 11.6. The lowest BCUT2D eigenvalue weighted by molar-refractivity contribution is 0.272. The summed E-state index contributed by atoms with van der Waals surface area (Å²) < 4.78 is 0. The Kier molecular flexibility index (Phi) is 11.8. The molecule has 1 fully saturated rings. The second-order valence-electron chi connectivity index (χ2n) is 9.67. The van der Waals surface area contributed by atoms with Crippen molar-refractivity contribution in [2.45, 2.75) is 118 Å². The van der Waals surface area contributed by atoms with Crippen molar-refractivity contribution in [1.29, 1.82) is 0 Å². The van der Waals surface area contributed by atoms with Gasteiger partial charge in [0, 0.05) is 0 Å². The van der Waals surface area contributed by atoms with Crippen LogP contribution >= 0.6 is 0 Å². The van der Waals surface area contributed by atoms with Gasteiger partial charge in [0.1, 0.15) is 0 Å². The van der Waals surface area contributed by atoms with Crippen LogP contribution < -0.4 is 0 Å². The summed E-state index contributed by atoms with van der Waals surface area (Å²) in [6, 6.07) is 0. The monoisotopic (exact) mass is 348 g/mol. The second kappa shape index (κ2) is 13.0. The van der Waals surface area contributed by atoms with Gasteiger partial charge in [-0.1, -0.05) is 111 Å². The molecule has 4 atom stereocenters. The van der Waals surface area contributed by atoms with Crippen LogP contribution in [0.4, 0.5) is 0 Å². The minimum Gasteiger partial charge on any atom is -0.0996 e. The van der Waals surface area contributed by atoms with Crippen molar-refractivity contribution in [2.24, 2.45) is 29.6 Å². The van der Waals surface area contributed by atoms with E-state index in [0.29, 0.717) is 0 Å². The van der Waals surface area contributed by atoms with Crippen molar-refractivity contribution in [3.63, 3.8) is 0 Å². The lowest BCUT2D eigenvalue weighted by Gasteiger charge is -2.25. The van der Waals surface area contributed by atoms with Crippen LogP contribution in [-0.4, -0.2) is 0 Å². The molecular weight excluding hydrogens is 300 g/mol. The highest BCUT2D eigenvalue weighted by atomic mass is 14.4. The summed E-state index contributed by atoms with van der Waals surface area (Å²) >= 11 is 0. The molecule has 0 saturated heterocycles. The third-order valence-corrected chi connectivity index (χ3v) is 6.70. The SMILES string of the molecule is C=C1C[C@@H](C)C(CC[C@H](C)CCCCC)C1CCCCCCC(C)C. The molecule has 0 spiro atoms. The number of allylic oxidation sites excluding steroid dienone is 1. The Morgan fingerprint density at radius 2 is 1.56 bits per heavy atom. The van der Waals surface area contributed by atoms with E-state index in [2.05, 4.69) is 41.2 Å². The van der Waals surface area contributed by atoms with E-state index in [1.807, 2.05) is 0 Å². The number of rotatable bonds is 14. The zero-order chi connectivity index (χ0) is 18.7. The van der Waals surface area contributed by atoms with Gasteiger partial charge in [-0.2, -0.15) is 0 Å². The van der Waals surface area contributed by atoms with E-state index < -0.39 is 0 Å². The molecule has 25 heavy (non-hydrogen) atoms. The highest BCUT2D eigenvalue weighted by Gasteiger charge is 2.35. The molecule has 0 nitrogen and oxygen atoms in total. The Morgan fingerprint density at radius 3 is 2.24 bits per heavy atom. The van der Waals surface area contributed by atoms with Crippen LogP contribution in [0.25, 0.3) is 0 Å².